The van der Waals surface area contributed by atoms with Gasteiger partial charge >= 0.3 is 0 Å². The van der Waals surface area contributed by atoms with Crippen molar-refractivity contribution in [3.8, 4) is 0 Å². The monoisotopic (exact) mass is 172 g/mol. The van der Waals surface area contributed by atoms with Gasteiger partial charge in [-0.05, 0) is 25.3 Å². The Morgan fingerprint density at radius 3 is 2.38 bits per heavy atom. The van der Waals surface area contributed by atoms with E-state index in [0.29, 0.717) is 0 Å². The first kappa shape index (κ1) is 8.24. The highest BCUT2D eigenvalue weighted by Gasteiger charge is 2.10. The van der Waals surface area contributed by atoms with Crippen LogP contribution in [0.1, 0.15) is 29.6 Å². The molecule has 0 heterocycles. The molecule has 0 atom stereocenters. The SMILES string of the molecule is O=C(C=C1CCC1)c1ccccc1. The molecule has 0 N–H and O–H groups in total. The second-order valence-corrected chi connectivity index (χ2v) is 3.39. The van der Waals surface area contributed by atoms with Gasteiger partial charge in [0.25, 0.3) is 0 Å². The van der Waals surface area contributed by atoms with Crippen LogP contribution in [0.5, 0.6) is 0 Å². The van der Waals surface area contributed by atoms with E-state index in [1.165, 1.54) is 12.0 Å². The standard InChI is InChI=1S/C12H12O/c13-12(9-10-5-4-6-10)11-7-2-1-3-8-11/h1-3,7-9H,4-6H2. The maximum absolute atomic E-state index is 11.6. The Kier molecular flexibility index (Phi) is 2.26. The number of hydrogen-bond acceptors (Lipinski definition) is 1. The zero-order valence-corrected chi connectivity index (χ0v) is 7.49. The van der Waals surface area contributed by atoms with Gasteiger partial charge in [0, 0.05) is 5.56 Å². The number of carbonyl (C=O) groups excluding carboxylic acids is 1. The molecule has 0 radical (unpaired) electrons. The van der Waals surface area contributed by atoms with Crippen molar-refractivity contribution >= 4 is 5.78 Å². The molecule has 2 rings (SSSR count). The highest BCUT2D eigenvalue weighted by molar-refractivity contribution is 6.04. The molecule has 0 bridgehead atoms. The number of carbonyl (C=O) groups is 1. The molecule has 1 aromatic carbocycles. The molecule has 0 aliphatic heterocycles. The lowest BCUT2D eigenvalue weighted by molar-refractivity contribution is 0.104. The number of hydrogen-bond donors (Lipinski definition) is 0. The molecule has 1 fully saturated rings. The number of ketones is 1. The van der Waals surface area contributed by atoms with Crippen LogP contribution in [0.2, 0.25) is 0 Å². The summed E-state index contributed by atoms with van der Waals surface area (Å²) in [6.45, 7) is 0. The molecule has 1 aromatic rings. The van der Waals surface area contributed by atoms with Crippen molar-refractivity contribution in [3.63, 3.8) is 0 Å². The lowest BCUT2D eigenvalue weighted by Crippen LogP contribution is -2.02. The first-order chi connectivity index (χ1) is 6.36. The first-order valence-electron chi connectivity index (χ1n) is 4.65. The fourth-order valence-electron chi connectivity index (χ4n) is 1.40. The van der Waals surface area contributed by atoms with Crippen molar-refractivity contribution in [3.05, 3.63) is 47.5 Å². The Morgan fingerprint density at radius 2 is 1.85 bits per heavy atom. The molecule has 1 saturated carbocycles. The molecular weight excluding hydrogens is 160 g/mol. The fourth-order valence-corrected chi connectivity index (χ4v) is 1.40. The first-order valence-corrected chi connectivity index (χ1v) is 4.65. The Balaban J connectivity index is 2.14. The van der Waals surface area contributed by atoms with Gasteiger partial charge < -0.3 is 0 Å². The van der Waals surface area contributed by atoms with E-state index in [1.54, 1.807) is 6.08 Å². The van der Waals surface area contributed by atoms with Crippen molar-refractivity contribution in [2.45, 2.75) is 19.3 Å². The summed E-state index contributed by atoms with van der Waals surface area (Å²) >= 11 is 0. The van der Waals surface area contributed by atoms with Crippen LogP contribution >= 0.6 is 0 Å². The third-order valence-corrected chi connectivity index (χ3v) is 2.39. The predicted octanol–water partition coefficient (Wildman–Crippen LogP) is 2.98. The van der Waals surface area contributed by atoms with Crippen molar-refractivity contribution in [2.24, 2.45) is 0 Å². The van der Waals surface area contributed by atoms with Crippen LogP contribution in [0.4, 0.5) is 0 Å². The number of rotatable bonds is 2. The van der Waals surface area contributed by atoms with E-state index in [0.717, 1.165) is 18.4 Å². The van der Waals surface area contributed by atoms with Crippen LogP contribution in [-0.2, 0) is 0 Å². The fraction of sp³-hybridized carbons (Fsp3) is 0.250. The van der Waals surface area contributed by atoms with E-state index in [9.17, 15) is 4.79 Å². The van der Waals surface area contributed by atoms with Gasteiger partial charge in [-0.3, -0.25) is 4.79 Å². The van der Waals surface area contributed by atoms with Gasteiger partial charge in [-0.1, -0.05) is 35.9 Å². The molecule has 0 aromatic heterocycles. The maximum Gasteiger partial charge on any atom is 0.185 e. The van der Waals surface area contributed by atoms with Crippen LogP contribution in [0.3, 0.4) is 0 Å². The molecule has 1 nitrogen and oxygen atoms in total. The topological polar surface area (TPSA) is 17.1 Å². The Bertz CT molecular complexity index is 329. The van der Waals surface area contributed by atoms with Crippen molar-refractivity contribution in [1.82, 2.24) is 0 Å². The van der Waals surface area contributed by atoms with E-state index in [1.807, 2.05) is 30.3 Å². The summed E-state index contributed by atoms with van der Waals surface area (Å²) in [5.41, 5.74) is 2.09. The van der Waals surface area contributed by atoms with Crippen molar-refractivity contribution < 1.29 is 4.79 Å². The zero-order valence-electron chi connectivity index (χ0n) is 7.49. The summed E-state index contributed by atoms with van der Waals surface area (Å²) in [5.74, 6) is 0.148. The molecule has 1 heteroatoms. The van der Waals surface area contributed by atoms with Gasteiger partial charge in [0.15, 0.2) is 5.78 Å². The molecule has 13 heavy (non-hydrogen) atoms. The van der Waals surface area contributed by atoms with Crippen molar-refractivity contribution in [1.29, 1.82) is 0 Å². The average molecular weight is 172 g/mol. The van der Waals surface area contributed by atoms with E-state index in [-0.39, 0.29) is 5.78 Å². The smallest absolute Gasteiger partial charge is 0.185 e. The van der Waals surface area contributed by atoms with E-state index in [2.05, 4.69) is 0 Å². The van der Waals surface area contributed by atoms with Gasteiger partial charge in [-0.15, -0.1) is 0 Å². The lowest BCUT2D eigenvalue weighted by atomic mass is 9.90. The van der Waals surface area contributed by atoms with Gasteiger partial charge in [0.05, 0.1) is 0 Å². The highest BCUT2D eigenvalue weighted by Crippen LogP contribution is 2.25. The summed E-state index contributed by atoms with van der Waals surface area (Å²) in [4.78, 5) is 11.6. The summed E-state index contributed by atoms with van der Waals surface area (Å²) in [5, 5.41) is 0. The minimum absolute atomic E-state index is 0.148. The second kappa shape index (κ2) is 3.56. The summed E-state index contributed by atoms with van der Waals surface area (Å²) in [7, 11) is 0. The largest absolute Gasteiger partial charge is 0.289 e. The van der Waals surface area contributed by atoms with Crippen molar-refractivity contribution in [2.75, 3.05) is 0 Å². The number of benzene rings is 1. The van der Waals surface area contributed by atoms with Gasteiger partial charge in [0.1, 0.15) is 0 Å². The third-order valence-electron chi connectivity index (χ3n) is 2.39. The molecule has 1 aliphatic rings. The summed E-state index contributed by atoms with van der Waals surface area (Å²) < 4.78 is 0. The van der Waals surface area contributed by atoms with Gasteiger partial charge in [-0.25, -0.2) is 0 Å². The van der Waals surface area contributed by atoms with E-state index >= 15 is 0 Å². The normalized spacial score (nSPS) is 14.9. The Morgan fingerprint density at radius 1 is 1.15 bits per heavy atom. The maximum atomic E-state index is 11.6. The van der Waals surface area contributed by atoms with Crippen LogP contribution in [0.25, 0.3) is 0 Å². The molecule has 0 amide bonds. The zero-order chi connectivity index (χ0) is 9.10. The predicted molar refractivity (Wildman–Crippen MR) is 52.7 cm³/mol. The minimum atomic E-state index is 0.148. The van der Waals surface area contributed by atoms with E-state index < -0.39 is 0 Å². The number of allylic oxidation sites excluding steroid dienone is 2. The minimum Gasteiger partial charge on any atom is -0.289 e. The molecular formula is C12H12O. The molecule has 0 spiro atoms. The molecule has 0 unspecified atom stereocenters. The molecule has 66 valence electrons. The quantitative estimate of drug-likeness (QED) is 0.495. The van der Waals surface area contributed by atoms with Crippen LogP contribution in [0.15, 0.2) is 42.0 Å². The van der Waals surface area contributed by atoms with Gasteiger partial charge in [0.2, 0.25) is 0 Å². The average Bonchev–Trinajstić information content (AvgIpc) is 2.12. The third kappa shape index (κ3) is 1.86. The lowest BCUT2D eigenvalue weighted by Gasteiger charge is -2.15. The van der Waals surface area contributed by atoms with Crippen LogP contribution in [-0.4, -0.2) is 5.78 Å². The van der Waals surface area contributed by atoms with Crippen LogP contribution in [0, 0.1) is 0 Å². The molecule has 0 saturated heterocycles. The van der Waals surface area contributed by atoms with E-state index in [4.69, 9.17) is 0 Å². The van der Waals surface area contributed by atoms with Crippen LogP contribution < -0.4 is 0 Å². The Labute approximate surface area is 78.1 Å². The summed E-state index contributed by atoms with van der Waals surface area (Å²) in [6.07, 6.45) is 5.25. The summed E-state index contributed by atoms with van der Waals surface area (Å²) in [6, 6.07) is 9.43. The highest BCUT2D eigenvalue weighted by atomic mass is 16.1. The Hall–Kier alpha value is -1.37. The molecule has 1 aliphatic carbocycles. The van der Waals surface area contributed by atoms with Gasteiger partial charge in [-0.2, -0.15) is 0 Å². The second-order valence-electron chi connectivity index (χ2n) is 3.39.